The molecule has 238 valence electrons. The van der Waals surface area contributed by atoms with Gasteiger partial charge in [0.25, 0.3) is 0 Å². The number of aromatic nitrogens is 2. The van der Waals surface area contributed by atoms with Crippen molar-refractivity contribution in [3.63, 3.8) is 0 Å². The van der Waals surface area contributed by atoms with E-state index >= 15 is 0 Å². The van der Waals surface area contributed by atoms with Crippen molar-refractivity contribution >= 4 is 54.5 Å². The molecular weight excluding hydrogens is 597 g/mol. The van der Waals surface area contributed by atoms with Crippen LogP contribution in [0.25, 0.3) is 82.7 Å². The molecule has 0 unspecified atom stereocenters. The Labute approximate surface area is 286 Å². The second-order valence-corrected chi connectivity index (χ2v) is 14.0. The second-order valence-electron chi connectivity index (χ2n) is 14.0. The van der Waals surface area contributed by atoms with E-state index < -0.39 is 0 Å². The van der Waals surface area contributed by atoms with E-state index in [4.69, 9.17) is 9.40 Å². The van der Waals surface area contributed by atoms with Gasteiger partial charge in [0.1, 0.15) is 17.0 Å². The van der Waals surface area contributed by atoms with E-state index in [-0.39, 0.29) is 11.8 Å². The molecule has 0 amide bonds. The van der Waals surface area contributed by atoms with Crippen LogP contribution in [-0.4, -0.2) is 9.55 Å². The molecule has 7 aromatic carbocycles. The van der Waals surface area contributed by atoms with Crippen LogP contribution in [0.4, 0.5) is 0 Å². The number of hydrogen-bond acceptors (Lipinski definition) is 2. The Morgan fingerprint density at radius 3 is 2.06 bits per heavy atom. The Kier molecular flexibility index (Phi) is 6.74. The normalized spacial score (nSPS) is 12.1. The monoisotopic (exact) mass is 634 g/mol. The highest BCUT2D eigenvalue weighted by Crippen LogP contribution is 2.44. The maximum atomic E-state index is 6.94. The van der Waals surface area contributed by atoms with Gasteiger partial charge in [0.05, 0.1) is 22.3 Å². The molecule has 0 saturated carbocycles. The third-order valence-corrected chi connectivity index (χ3v) is 10.2. The Bertz CT molecular complexity index is 2700. The van der Waals surface area contributed by atoms with Crippen molar-refractivity contribution in [1.29, 1.82) is 0 Å². The van der Waals surface area contributed by atoms with E-state index in [1.807, 2.05) is 0 Å². The zero-order valence-corrected chi connectivity index (χ0v) is 28.6. The molecule has 0 N–H and O–H groups in total. The number of imidazole rings is 1. The minimum absolute atomic E-state index is 0.289. The predicted molar refractivity (Wildman–Crippen MR) is 207 cm³/mol. The first-order chi connectivity index (χ1) is 23.9. The van der Waals surface area contributed by atoms with Crippen molar-refractivity contribution in [2.24, 2.45) is 0 Å². The van der Waals surface area contributed by atoms with Crippen molar-refractivity contribution in [3.8, 4) is 28.2 Å². The zero-order chi connectivity index (χ0) is 33.4. The van der Waals surface area contributed by atoms with Crippen molar-refractivity contribution < 1.29 is 4.42 Å². The van der Waals surface area contributed by atoms with E-state index in [0.29, 0.717) is 0 Å². The number of hydrogen-bond donors (Lipinski definition) is 0. The van der Waals surface area contributed by atoms with Gasteiger partial charge in [-0.3, -0.25) is 4.57 Å². The van der Waals surface area contributed by atoms with Crippen LogP contribution < -0.4 is 0 Å². The Morgan fingerprint density at radius 2 is 1.29 bits per heavy atom. The number of rotatable bonds is 5. The first-order valence-electron chi connectivity index (χ1n) is 17.4. The largest absolute Gasteiger partial charge is 0.455 e. The first-order valence-corrected chi connectivity index (χ1v) is 17.4. The van der Waals surface area contributed by atoms with Crippen molar-refractivity contribution in [3.05, 3.63) is 144 Å². The summed E-state index contributed by atoms with van der Waals surface area (Å²) in [4.78, 5) is 5.39. The number of furan rings is 1. The molecule has 2 aromatic heterocycles. The minimum atomic E-state index is 0.289. The van der Waals surface area contributed by atoms with Gasteiger partial charge >= 0.3 is 0 Å². The van der Waals surface area contributed by atoms with Crippen LogP contribution in [-0.2, 0) is 0 Å². The molecule has 2 heterocycles. The molecule has 3 nitrogen and oxygen atoms in total. The minimum Gasteiger partial charge on any atom is -0.455 e. The average molecular weight is 635 g/mol. The lowest BCUT2D eigenvalue weighted by atomic mass is 9.88. The standard InChI is InChI=1S/C46H38N2O/c1-27(2)36-24-33(30-13-7-6-8-14-30)25-37(28(3)4)44(36)48-41-18-12-11-17-40(41)47-46(48)35-22-19-29(5)43-39-23-32-21-20-31-15-9-10-16-34(31)38(32)26-42(39)49-45(35)43/h6-28H,1-5H3. The summed E-state index contributed by atoms with van der Waals surface area (Å²) in [7, 11) is 0. The highest BCUT2D eigenvalue weighted by atomic mass is 16.3. The summed E-state index contributed by atoms with van der Waals surface area (Å²) in [6, 6.07) is 46.0. The summed E-state index contributed by atoms with van der Waals surface area (Å²) in [5.74, 6) is 1.48. The Hall–Kier alpha value is -5.67. The molecule has 9 rings (SSSR count). The average Bonchev–Trinajstić information content (AvgIpc) is 3.69. The maximum Gasteiger partial charge on any atom is 0.149 e. The highest BCUT2D eigenvalue weighted by Gasteiger charge is 2.26. The van der Waals surface area contributed by atoms with Crippen LogP contribution in [0.15, 0.2) is 132 Å². The third kappa shape index (κ3) is 4.60. The quantitative estimate of drug-likeness (QED) is 0.176. The smallest absolute Gasteiger partial charge is 0.149 e. The molecule has 49 heavy (non-hydrogen) atoms. The van der Waals surface area contributed by atoms with E-state index in [1.165, 1.54) is 55.0 Å². The van der Waals surface area contributed by atoms with Gasteiger partial charge in [0.15, 0.2) is 0 Å². The number of nitrogens with zero attached hydrogens (tertiary/aromatic N) is 2. The van der Waals surface area contributed by atoms with Crippen LogP contribution in [0.3, 0.4) is 0 Å². The lowest BCUT2D eigenvalue weighted by Crippen LogP contribution is -2.09. The van der Waals surface area contributed by atoms with Crippen LogP contribution in [0.1, 0.15) is 56.2 Å². The van der Waals surface area contributed by atoms with E-state index in [9.17, 15) is 0 Å². The van der Waals surface area contributed by atoms with Crippen LogP contribution in [0.5, 0.6) is 0 Å². The number of fused-ring (bicyclic) bond motifs is 7. The van der Waals surface area contributed by atoms with Crippen LogP contribution in [0.2, 0.25) is 0 Å². The fourth-order valence-electron chi connectivity index (χ4n) is 7.77. The number of para-hydroxylation sites is 2. The van der Waals surface area contributed by atoms with Gasteiger partial charge in [-0.15, -0.1) is 0 Å². The van der Waals surface area contributed by atoms with Gasteiger partial charge in [-0.2, -0.15) is 0 Å². The van der Waals surface area contributed by atoms with Gasteiger partial charge in [0, 0.05) is 10.8 Å². The van der Waals surface area contributed by atoms with Gasteiger partial charge in [-0.25, -0.2) is 4.98 Å². The van der Waals surface area contributed by atoms with E-state index in [1.54, 1.807) is 0 Å². The Morgan fingerprint density at radius 1 is 0.592 bits per heavy atom. The number of benzene rings is 7. The van der Waals surface area contributed by atoms with Gasteiger partial charge in [0.2, 0.25) is 0 Å². The summed E-state index contributed by atoms with van der Waals surface area (Å²) < 4.78 is 9.35. The van der Waals surface area contributed by atoms with Crippen molar-refractivity contribution in [2.45, 2.75) is 46.5 Å². The Balaban J connectivity index is 1.37. The predicted octanol–water partition coefficient (Wildman–Crippen LogP) is 13.1. The first kappa shape index (κ1) is 29.5. The van der Waals surface area contributed by atoms with Gasteiger partial charge in [-0.05, 0) is 111 Å². The topological polar surface area (TPSA) is 31.0 Å². The molecule has 9 aromatic rings. The molecule has 0 atom stereocenters. The summed E-state index contributed by atoms with van der Waals surface area (Å²) in [6.07, 6.45) is 0. The fourth-order valence-corrected chi connectivity index (χ4v) is 7.77. The molecule has 0 aliphatic rings. The van der Waals surface area contributed by atoms with E-state index in [0.717, 1.165) is 44.4 Å². The molecule has 0 fully saturated rings. The van der Waals surface area contributed by atoms with Crippen molar-refractivity contribution in [2.75, 3.05) is 0 Å². The molecule has 0 aliphatic carbocycles. The molecule has 0 spiro atoms. The molecule has 0 bridgehead atoms. The summed E-state index contributed by atoms with van der Waals surface area (Å²) >= 11 is 0. The highest BCUT2D eigenvalue weighted by molar-refractivity contribution is 6.18. The molecular formula is C46H38N2O. The summed E-state index contributed by atoms with van der Waals surface area (Å²) in [5.41, 5.74) is 12.3. The zero-order valence-electron chi connectivity index (χ0n) is 28.6. The lowest BCUT2D eigenvalue weighted by molar-refractivity contribution is 0.670. The number of aryl methyl sites for hydroxylation is 1. The SMILES string of the molecule is Cc1ccc(-c2nc3ccccc3n2-c2c(C(C)C)cc(-c3ccccc3)cc2C(C)C)c2oc3cc4c(ccc5ccccc54)cc3c12. The summed E-state index contributed by atoms with van der Waals surface area (Å²) in [5, 5.41) is 7.18. The van der Waals surface area contributed by atoms with Gasteiger partial charge in [-0.1, -0.05) is 113 Å². The molecule has 0 radical (unpaired) electrons. The second kappa shape index (κ2) is 11.2. The van der Waals surface area contributed by atoms with Crippen LogP contribution >= 0.6 is 0 Å². The molecule has 0 aliphatic heterocycles. The van der Waals surface area contributed by atoms with Crippen molar-refractivity contribution in [1.82, 2.24) is 9.55 Å². The van der Waals surface area contributed by atoms with Gasteiger partial charge < -0.3 is 4.42 Å². The molecule has 3 heteroatoms. The molecule has 0 saturated heterocycles. The summed E-state index contributed by atoms with van der Waals surface area (Å²) in [6.45, 7) is 11.4. The van der Waals surface area contributed by atoms with E-state index in [2.05, 4.69) is 167 Å². The lowest BCUT2D eigenvalue weighted by Gasteiger charge is -2.24. The van der Waals surface area contributed by atoms with Crippen LogP contribution in [0, 0.1) is 6.92 Å². The third-order valence-electron chi connectivity index (χ3n) is 10.2. The fraction of sp³-hybridized carbons (Fsp3) is 0.152. The maximum absolute atomic E-state index is 6.94.